The van der Waals surface area contributed by atoms with Crippen LogP contribution < -0.4 is 15.5 Å². The van der Waals surface area contributed by atoms with Crippen molar-refractivity contribution in [2.75, 3.05) is 37.7 Å². The Morgan fingerprint density at radius 1 is 1.09 bits per heavy atom. The molecule has 6 aliphatic rings. The number of morpholine rings is 1. The van der Waals surface area contributed by atoms with Crippen molar-refractivity contribution in [2.24, 2.45) is 5.41 Å². The number of rotatable bonds is 5. The Bertz CT molecular complexity index is 1670. The van der Waals surface area contributed by atoms with Crippen molar-refractivity contribution in [2.45, 2.75) is 73.5 Å². The summed E-state index contributed by atoms with van der Waals surface area (Å²) in [5.74, 6) is 0.419. The van der Waals surface area contributed by atoms with Gasteiger partial charge >= 0.3 is 6.18 Å². The monoisotopic (exact) mass is 607 g/mol. The first-order valence-corrected chi connectivity index (χ1v) is 15.2. The lowest BCUT2D eigenvalue weighted by Gasteiger charge is -2.52. The lowest BCUT2D eigenvalue weighted by atomic mass is 9.57. The number of hydrogen-bond donors (Lipinski definition) is 2. The van der Waals surface area contributed by atoms with Gasteiger partial charge in [-0.1, -0.05) is 0 Å². The summed E-state index contributed by atoms with van der Waals surface area (Å²) >= 11 is 0. The molecule has 13 heteroatoms. The van der Waals surface area contributed by atoms with Gasteiger partial charge in [0.05, 0.1) is 29.7 Å². The minimum atomic E-state index is -4.47. The highest BCUT2D eigenvalue weighted by molar-refractivity contribution is 5.95. The number of nitrogens with zero attached hydrogens (tertiary/aromatic N) is 5. The molecule has 0 spiro atoms. The summed E-state index contributed by atoms with van der Waals surface area (Å²) < 4.78 is 56.2. The summed E-state index contributed by atoms with van der Waals surface area (Å²) in [4.78, 5) is 19.0. The second-order valence-electron chi connectivity index (χ2n) is 13.4. The van der Waals surface area contributed by atoms with Crippen LogP contribution in [-0.2, 0) is 20.4 Å². The summed E-state index contributed by atoms with van der Waals surface area (Å²) in [6.45, 7) is 1.43. The SMILES string of the molecule is N#Cc1ccc(N2C[C@]3(c4nnc(C56CCC(NC(=O)[C@@H]7COCCN7)(CC5)CC6)o4)C[C@]3(C(F)(F)F)C2)c2cccnc12. The van der Waals surface area contributed by atoms with Gasteiger partial charge < -0.3 is 24.7 Å². The Hall–Kier alpha value is -3.76. The normalized spacial score (nSPS) is 34.5. The Kier molecular flexibility index (Phi) is 5.91. The first-order valence-electron chi connectivity index (χ1n) is 15.2. The molecule has 2 aliphatic heterocycles. The van der Waals surface area contributed by atoms with E-state index in [1.54, 1.807) is 35.4 Å². The van der Waals surface area contributed by atoms with Crippen molar-refractivity contribution in [3.05, 3.63) is 47.8 Å². The zero-order valence-corrected chi connectivity index (χ0v) is 24.0. The second kappa shape index (κ2) is 9.37. The average molecular weight is 608 g/mol. The predicted octanol–water partition coefficient (Wildman–Crippen LogP) is 3.65. The Balaban J connectivity index is 1.05. The fourth-order valence-corrected chi connectivity index (χ4v) is 8.50. The number of pyridine rings is 1. The molecule has 4 heterocycles. The van der Waals surface area contributed by atoms with Crippen LogP contribution in [0, 0.1) is 16.7 Å². The molecule has 2 saturated heterocycles. The van der Waals surface area contributed by atoms with Gasteiger partial charge in [0, 0.05) is 47.9 Å². The van der Waals surface area contributed by atoms with E-state index in [1.807, 2.05) is 0 Å². The molecule has 2 bridgehead atoms. The zero-order chi connectivity index (χ0) is 30.4. The van der Waals surface area contributed by atoms with Crippen molar-refractivity contribution >= 4 is 22.5 Å². The topological polar surface area (TPSA) is 129 Å². The van der Waals surface area contributed by atoms with E-state index in [2.05, 4.69) is 31.9 Å². The number of piperidine rings is 1. The van der Waals surface area contributed by atoms with Crippen LogP contribution in [0.15, 0.2) is 34.9 Å². The third-order valence-electron chi connectivity index (χ3n) is 11.2. The Morgan fingerprint density at radius 3 is 2.57 bits per heavy atom. The van der Waals surface area contributed by atoms with E-state index in [0.29, 0.717) is 47.8 Å². The van der Waals surface area contributed by atoms with Gasteiger partial charge in [-0.3, -0.25) is 9.78 Å². The summed E-state index contributed by atoms with van der Waals surface area (Å²) in [6, 6.07) is 8.58. The Morgan fingerprint density at radius 2 is 1.86 bits per heavy atom. The smallest absolute Gasteiger partial charge is 0.397 e. The van der Waals surface area contributed by atoms with E-state index < -0.39 is 22.4 Å². The van der Waals surface area contributed by atoms with E-state index in [4.69, 9.17) is 9.15 Å². The minimum Gasteiger partial charge on any atom is -0.424 e. The van der Waals surface area contributed by atoms with Crippen molar-refractivity contribution in [1.29, 1.82) is 5.26 Å². The summed E-state index contributed by atoms with van der Waals surface area (Å²) in [7, 11) is 0. The predicted molar refractivity (Wildman–Crippen MR) is 151 cm³/mol. The lowest BCUT2D eigenvalue weighted by molar-refractivity contribution is -0.187. The van der Waals surface area contributed by atoms with Gasteiger partial charge in [-0.05, 0) is 69.2 Å². The molecular formula is C31H32F3N7O3. The van der Waals surface area contributed by atoms with Crippen molar-refractivity contribution in [3.8, 4) is 6.07 Å². The number of ether oxygens (including phenoxy) is 1. The molecule has 9 rings (SSSR count). The van der Waals surface area contributed by atoms with Crippen LogP contribution in [0.5, 0.6) is 0 Å². The van der Waals surface area contributed by atoms with E-state index in [1.165, 1.54) is 0 Å². The first kappa shape index (κ1) is 27.8. The van der Waals surface area contributed by atoms with Gasteiger partial charge in [0.2, 0.25) is 17.7 Å². The molecule has 2 aromatic heterocycles. The molecule has 2 N–H and O–H groups in total. The van der Waals surface area contributed by atoms with Gasteiger partial charge in [-0.2, -0.15) is 18.4 Å². The molecule has 0 unspecified atom stereocenters. The number of carbonyl (C=O) groups excluding carboxylic acids is 1. The maximum atomic E-state index is 14.8. The molecule has 4 aliphatic carbocycles. The number of amides is 1. The number of hydrogen-bond acceptors (Lipinski definition) is 9. The van der Waals surface area contributed by atoms with Gasteiger partial charge in [-0.15, -0.1) is 10.2 Å². The van der Waals surface area contributed by atoms with Crippen LogP contribution in [0.4, 0.5) is 18.9 Å². The largest absolute Gasteiger partial charge is 0.424 e. The number of carbonyl (C=O) groups is 1. The number of fused-ring (bicyclic) bond motifs is 5. The summed E-state index contributed by atoms with van der Waals surface area (Å²) in [5, 5.41) is 25.4. The van der Waals surface area contributed by atoms with Crippen molar-refractivity contribution in [1.82, 2.24) is 25.8 Å². The number of nitrogens with one attached hydrogen (secondary N) is 2. The molecule has 6 fully saturated rings. The van der Waals surface area contributed by atoms with Crippen LogP contribution in [0.1, 0.15) is 62.3 Å². The van der Waals surface area contributed by atoms with Crippen LogP contribution in [0.3, 0.4) is 0 Å². The fraction of sp³-hybridized carbons (Fsp3) is 0.581. The number of aromatic nitrogens is 3. The number of nitriles is 1. The molecular weight excluding hydrogens is 575 g/mol. The standard InChI is InChI=1S/C31H32F3N7O3/c32-31(33,34)30-16-29(30,17-41(18-30)22-4-3-19(14-35)23-20(22)2-1-11-37-23)26-40-39-25(44-26)27-5-8-28(9-6-27,10-7-27)38-24(42)21-15-43-13-12-36-21/h1-4,11,21,36H,5-10,12-13,15-18H2,(H,38,42)/t21-,27?,28?,29-,30-/m0/s1. The third kappa shape index (κ3) is 3.86. The number of benzene rings is 1. The van der Waals surface area contributed by atoms with Crippen LogP contribution in [0.2, 0.25) is 0 Å². The molecule has 4 saturated carbocycles. The lowest BCUT2D eigenvalue weighted by Crippen LogP contribution is -2.62. The quantitative estimate of drug-likeness (QED) is 0.447. The van der Waals surface area contributed by atoms with Gasteiger partial charge in [0.15, 0.2) is 0 Å². The molecule has 0 radical (unpaired) electrons. The first-order chi connectivity index (χ1) is 21.1. The highest BCUT2D eigenvalue weighted by Crippen LogP contribution is 2.75. The third-order valence-corrected chi connectivity index (χ3v) is 11.2. The van der Waals surface area contributed by atoms with Crippen molar-refractivity contribution in [3.63, 3.8) is 0 Å². The molecule has 230 valence electrons. The number of halogens is 3. The number of anilines is 1. The van der Waals surface area contributed by atoms with Crippen LogP contribution in [-0.4, -0.2) is 71.7 Å². The Labute approximate surface area is 251 Å². The van der Waals surface area contributed by atoms with Crippen molar-refractivity contribution < 1.29 is 27.1 Å². The molecule has 3 aromatic rings. The van der Waals surface area contributed by atoms with Crippen LogP contribution >= 0.6 is 0 Å². The minimum absolute atomic E-state index is 0.0490. The average Bonchev–Trinajstić information content (AvgIpc) is 3.33. The molecule has 3 atom stereocenters. The van der Waals surface area contributed by atoms with E-state index in [9.17, 15) is 23.2 Å². The van der Waals surface area contributed by atoms with Gasteiger partial charge in [0.25, 0.3) is 0 Å². The van der Waals surface area contributed by atoms with E-state index >= 15 is 0 Å². The summed E-state index contributed by atoms with van der Waals surface area (Å²) in [6.07, 6.45) is 1.39. The molecule has 10 nitrogen and oxygen atoms in total. The molecule has 1 amide bonds. The second-order valence-corrected chi connectivity index (χ2v) is 13.4. The highest BCUT2D eigenvalue weighted by Gasteiger charge is 2.86. The number of alkyl halides is 3. The van der Waals surface area contributed by atoms with E-state index in [0.717, 1.165) is 38.5 Å². The zero-order valence-electron chi connectivity index (χ0n) is 24.0. The summed E-state index contributed by atoms with van der Waals surface area (Å²) in [5.41, 5.74) is -2.60. The maximum absolute atomic E-state index is 14.8. The van der Waals surface area contributed by atoms with Gasteiger partial charge in [0.1, 0.15) is 17.5 Å². The van der Waals surface area contributed by atoms with Gasteiger partial charge in [-0.25, -0.2) is 0 Å². The molecule has 44 heavy (non-hydrogen) atoms. The highest BCUT2D eigenvalue weighted by atomic mass is 19.4. The molecule has 1 aromatic carbocycles. The van der Waals surface area contributed by atoms with E-state index in [-0.39, 0.29) is 42.9 Å². The van der Waals surface area contributed by atoms with Crippen LogP contribution in [0.25, 0.3) is 10.9 Å². The maximum Gasteiger partial charge on any atom is 0.397 e. The fourth-order valence-electron chi connectivity index (χ4n) is 8.50.